The lowest BCUT2D eigenvalue weighted by Crippen LogP contribution is -2.45. The van der Waals surface area contributed by atoms with Crippen molar-refractivity contribution in [1.82, 2.24) is 4.90 Å². The van der Waals surface area contributed by atoms with Crippen molar-refractivity contribution in [1.29, 1.82) is 0 Å². The molecule has 6 nitrogen and oxygen atoms in total. The Kier molecular flexibility index (Phi) is 9.72. The van der Waals surface area contributed by atoms with E-state index >= 15 is 0 Å². The van der Waals surface area contributed by atoms with Gasteiger partial charge in [0.25, 0.3) is 5.91 Å². The summed E-state index contributed by atoms with van der Waals surface area (Å²) in [7, 11) is 1.61. The number of benzene rings is 3. The predicted molar refractivity (Wildman–Crippen MR) is 153 cm³/mol. The second kappa shape index (κ2) is 13.2. The van der Waals surface area contributed by atoms with Crippen LogP contribution in [0.1, 0.15) is 36.6 Å². The van der Waals surface area contributed by atoms with Crippen molar-refractivity contribution >= 4 is 40.9 Å². The zero-order valence-electron chi connectivity index (χ0n) is 21.9. The Morgan fingerprint density at radius 3 is 2.45 bits per heavy atom. The summed E-state index contributed by atoms with van der Waals surface area (Å²) in [5.74, 6) is -0.0314. The van der Waals surface area contributed by atoms with Gasteiger partial charge >= 0.3 is 5.97 Å². The predicted octanol–water partition coefficient (Wildman–Crippen LogP) is 6.37. The molecule has 1 heterocycles. The molecular weight excluding hydrogens is 520 g/mol. The standard InChI is InChI=1S/C30H33ClN2O4S/c1-4-16-32(20-22-8-6-5-7-9-22)17-18-33-26-15-12-24(31)19-27(26)38-29(28(30(33)35)37-21(2)34)23-10-13-25(36-3)14-11-23/h5-15,19,28-29H,4,16-18,20H2,1-3H3. The average molecular weight is 553 g/mol. The molecule has 3 aromatic carbocycles. The quantitative estimate of drug-likeness (QED) is 0.272. The third-order valence-electron chi connectivity index (χ3n) is 6.42. The van der Waals surface area contributed by atoms with Crippen LogP contribution in [0.3, 0.4) is 0 Å². The monoisotopic (exact) mass is 552 g/mol. The Morgan fingerprint density at radius 1 is 1.05 bits per heavy atom. The molecule has 0 radical (unpaired) electrons. The summed E-state index contributed by atoms with van der Waals surface area (Å²) in [5.41, 5.74) is 2.86. The van der Waals surface area contributed by atoms with Crippen LogP contribution in [0.25, 0.3) is 0 Å². The maximum absolute atomic E-state index is 14.1. The Balaban J connectivity index is 1.67. The number of fused-ring (bicyclic) bond motifs is 1. The van der Waals surface area contributed by atoms with Gasteiger partial charge in [-0.2, -0.15) is 0 Å². The topological polar surface area (TPSA) is 59.1 Å². The number of carbonyl (C=O) groups is 2. The first-order valence-electron chi connectivity index (χ1n) is 12.7. The molecule has 0 aromatic heterocycles. The van der Waals surface area contributed by atoms with Crippen molar-refractivity contribution in [3.63, 3.8) is 0 Å². The fraction of sp³-hybridized carbons (Fsp3) is 0.333. The molecule has 1 amide bonds. The summed E-state index contributed by atoms with van der Waals surface area (Å²) >= 11 is 7.88. The van der Waals surface area contributed by atoms with Crippen LogP contribution in [0, 0.1) is 0 Å². The van der Waals surface area contributed by atoms with Gasteiger partial charge in [0.05, 0.1) is 18.0 Å². The van der Waals surface area contributed by atoms with E-state index in [-0.39, 0.29) is 5.91 Å². The van der Waals surface area contributed by atoms with Crippen LogP contribution in [-0.4, -0.2) is 49.6 Å². The molecule has 0 fully saturated rings. The number of halogens is 1. The van der Waals surface area contributed by atoms with Crippen LogP contribution in [-0.2, 0) is 20.9 Å². The van der Waals surface area contributed by atoms with Crippen molar-refractivity contribution in [3.8, 4) is 5.75 Å². The molecule has 38 heavy (non-hydrogen) atoms. The van der Waals surface area contributed by atoms with Gasteiger partial charge in [-0.3, -0.25) is 14.5 Å². The van der Waals surface area contributed by atoms with E-state index in [9.17, 15) is 9.59 Å². The molecule has 0 bridgehead atoms. The number of nitrogens with zero attached hydrogens (tertiary/aromatic N) is 2. The van der Waals surface area contributed by atoms with E-state index in [4.69, 9.17) is 21.1 Å². The average Bonchev–Trinajstić information content (AvgIpc) is 3.02. The van der Waals surface area contributed by atoms with Crippen LogP contribution < -0.4 is 9.64 Å². The smallest absolute Gasteiger partial charge is 0.303 e. The highest BCUT2D eigenvalue weighted by molar-refractivity contribution is 7.99. The van der Waals surface area contributed by atoms with Crippen LogP contribution in [0.15, 0.2) is 77.7 Å². The van der Waals surface area contributed by atoms with E-state index in [2.05, 4.69) is 24.0 Å². The SMILES string of the molecule is CCCN(CCN1C(=O)C(OC(C)=O)C(c2ccc(OC)cc2)Sc2cc(Cl)ccc21)Cc1ccccc1. The minimum Gasteiger partial charge on any atom is -0.497 e. The first-order valence-corrected chi connectivity index (χ1v) is 14.0. The van der Waals surface area contributed by atoms with Gasteiger partial charge in [-0.1, -0.05) is 61.0 Å². The Labute approximate surface area is 233 Å². The number of thioether (sulfide) groups is 1. The molecule has 0 aliphatic carbocycles. The summed E-state index contributed by atoms with van der Waals surface area (Å²) in [6.45, 7) is 6.31. The molecule has 0 spiro atoms. The minimum absolute atomic E-state index is 0.245. The number of hydrogen-bond acceptors (Lipinski definition) is 6. The normalized spacial score (nSPS) is 17.2. The highest BCUT2D eigenvalue weighted by Gasteiger charge is 2.41. The molecule has 200 valence electrons. The third-order valence-corrected chi connectivity index (χ3v) is 8.01. The van der Waals surface area contributed by atoms with Gasteiger partial charge < -0.3 is 14.4 Å². The molecule has 2 atom stereocenters. The fourth-order valence-corrected chi connectivity index (χ4v) is 6.23. The molecule has 1 aliphatic heterocycles. The van der Waals surface area contributed by atoms with Crippen LogP contribution in [0.4, 0.5) is 5.69 Å². The zero-order valence-corrected chi connectivity index (χ0v) is 23.5. The van der Waals surface area contributed by atoms with Gasteiger partial charge in [-0.25, -0.2) is 0 Å². The van der Waals surface area contributed by atoms with E-state index in [1.54, 1.807) is 18.1 Å². The van der Waals surface area contributed by atoms with Gasteiger partial charge in [0.2, 0.25) is 0 Å². The van der Waals surface area contributed by atoms with Gasteiger partial charge in [0.15, 0.2) is 6.10 Å². The minimum atomic E-state index is -0.995. The number of esters is 1. The van der Waals surface area contributed by atoms with E-state index < -0.39 is 17.3 Å². The van der Waals surface area contributed by atoms with Gasteiger partial charge in [-0.05, 0) is 54.4 Å². The van der Waals surface area contributed by atoms with Crippen molar-refractivity contribution in [3.05, 3.63) is 88.9 Å². The Hall–Kier alpha value is -3.00. The zero-order chi connectivity index (χ0) is 27.1. The molecule has 0 saturated heterocycles. The largest absolute Gasteiger partial charge is 0.497 e. The maximum Gasteiger partial charge on any atom is 0.303 e. The number of methoxy groups -OCH3 is 1. The lowest BCUT2D eigenvalue weighted by Gasteiger charge is -2.30. The lowest BCUT2D eigenvalue weighted by molar-refractivity contribution is -0.152. The van der Waals surface area contributed by atoms with Crippen molar-refractivity contribution in [2.45, 2.75) is 43.1 Å². The summed E-state index contributed by atoms with van der Waals surface area (Å²) in [5, 5.41) is 0.135. The molecule has 0 saturated carbocycles. The number of amides is 1. The number of anilines is 1. The second-order valence-corrected chi connectivity index (χ2v) is 10.8. The number of carbonyl (C=O) groups excluding carboxylic acids is 2. The highest BCUT2D eigenvalue weighted by atomic mass is 35.5. The molecule has 0 N–H and O–H groups in total. The van der Waals surface area contributed by atoms with E-state index in [1.165, 1.54) is 24.2 Å². The molecule has 8 heteroatoms. The van der Waals surface area contributed by atoms with Crippen molar-refractivity contribution in [2.24, 2.45) is 0 Å². The van der Waals surface area contributed by atoms with E-state index in [0.29, 0.717) is 23.9 Å². The van der Waals surface area contributed by atoms with Crippen LogP contribution in [0.2, 0.25) is 5.02 Å². The Morgan fingerprint density at radius 2 is 1.79 bits per heavy atom. The highest BCUT2D eigenvalue weighted by Crippen LogP contribution is 2.47. The number of rotatable bonds is 10. The van der Waals surface area contributed by atoms with E-state index in [0.717, 1.165) is 35.7 Å². The Bertz CT molecular complexity index is 1240. The second-order valence-electron chi connectivity index (χ2n) is 9.21. The number of hydrogen-bond donors (Lipinski definition) is 0. The first-order chi connectivity index (χ1) is 18.4. The summed E-state index contributed by atoms with van der Waals surface area (Å²) in [4.78, 5) is 31.3. The van der Waals surface area contributed by atoms with Crippen LogP contribution in [0.5, 0.6) is 5.75 Å². The summed E-state index contributed by atoms with van der Waals surface area (Å²) in [6.07, 6.45) is 0.00384. The molecule has 3 aromatic rings. The summed E-state index contributed by atoms with van der Waals surface area (Å²) < 4.78 is 11.0. The van der Waals surface area contributed by atoms with Gasteiger partial charge in [-0.15, -0.1) is 11.8 Å². The van der Waals surface area contributed by atoms with Gasteiger partial charge in [0, 0.05) is 36.5 Å². The van der Waals surface area contributed by atoms with E-state index in [1.807, 2.05) is 54.6 Å². The maximum atomic E-state index is 14.1. The molecule has 4 rings (SSSR count). The third kappa shape index (κ3) is 6.90. The molecule has 2 unspecified atom stereocenters. The summed E-state index contributed by atoms with van der Waals surface area (Å²) in [6, 6.07) is 23.4. The van der Waals surface area contributed by atoms with Crippen molar-refractivity contribution in [2.75, 3.05) is 31.6 Å². The lowest BCUT2D eigenvalue weighted by atomic mass is 10.1. The van der Waals surface area contributed by atoms with Crippen LogP contribution >= 0.6 is 23.4 Å². The molecule has 1 aliphatic rings. The fourth-order valence-electron chi connectivity index (χ4n) is 4.63. The number of ether oxygens (including phenoxy) is 2. The first kappa shape index (κ1) is 28.0. The van der Waals surface area contributed by atoms with Gasteiger partial charge in [0.1, 0.15) is 5.75 Å². The molecular formula is C30H33ClN2O4S. The van der Waals surface area contributed by atoms with Crippen molar-refractivity contribution < 1.29 is 19.1 Å².